The Morgan fingerprint density at radius 3 is 2.69 bits per heavy atom. The van der Waals surface area contributed by atoms with Gasteiger partial charge in [-0.2, -0.15) is 0 Å². The number of halogens is 1. The summed E-state index contributed by atoms with van der Waals surface area (Å²) in [6, 6.07) is 5.95. The minimum absolute atomic E-state index is 0.131. The molecule has 0 spiro atoms. The lowest BCUT2D eigenvalue weighted by molar-refractivity contribution is 0.223. The van der Waals surface area contributed by atoms with Gasteiger partial charge in [0.2, 0.25) is 0 Å². The van der Waals surface area contributed by atoms with Gasteiger partial charge in [0.05, 0.1) is 6.54 Å². The second-order valence-corrected chi connectivity index (χ2v) is 5.82. The van der Waals surface area contributed by atoms with Crippen LogP contribution in [0.25, 0.3) is 0 Å². The van der Waals surface area contributed by atoms with Crippen molar-refractivity contribution in [3.05, 3.63) is 54.4 Å². The van der Waals surface area contributed by atoms with Crippen molar-refractivity contribution in [2.24, 2.45) is 12.0 Å². The summed E-state index contributed by atoms with van der Waals surface area (Å²) >= 11 is 0. The molecule has 8 heteroatoms. The average molecular weight is 360 g/mol. The van der Waals surface area contributed by atoms with Gasteiger partial charge in [0.15, 0.2) is 11.8 Å². The number of benzene rings is 1. The highest BCUT2D eigenvalue weighted by atomic mass is 19.1. The number of rotatable bonds is 8. The molecule has 1 aromatic heterocycles. The summed E-state index contributed by atoms with van der Waals surface area (Å²) in [6.45, 7) is 9.02. The summed E-state index contributed by atoms with van der Waals surface area (Å²) < 4.78 is 20.6. The third-order valence-corrected chi connectivity index (χ3v) is 3.68. The van der Waals surface area contributed by atoms with E-state index in [4.69, 9.17) is 4.74 Å². The van der Waals surface area contributed by atoms with Crippen molar-refractivity contribution >= 4 is 5.96 Å². The molecule has 2 N–H and O–H groups in total. The molecule has 140 valence electrons. The minimum Gasteiger partial charge on any atom is -0.489 e. The van der Waals surface area contributed by atoms with E-state index in [1.807, 2.05) is 25.5 Å². The Morgan fingerprint density at radius 1 is 1.35 bits per heavy atom. The van der Waals surface area contributed by atoms with Crippen molar-refractivity contribution in [3.8, 4) is 5.75 Å². The van der Waals surface area contributed by atoms with E-state index in [-0.39, 0.29) is 11.9 Å². The number of aromatic nitrogens is 3. The van der Waals surface area contributed by atoms with Gasteiger partial charge in [-0.15, -0.1) is 16.8 Å². The number of aryl methyl sites for hydroxylation is 1. The fraction of sp³-hybridized carbons (Fsp3) is 0.389. The van der Waals surface area contributed by atoms with Crippen LogP contribution in [-0.2, 0) is 13.6 Å². The predicted octanol–water partition coefficient (Wildman–Crippen LogP) is 1.95. The molecule has 1 aromatic carbocycles. The van der Waals surface area contributed by atoms with Gasteiger partial charge in [0.25, 0.3) is 0 Å². The van der Waals surface area contributed by atoms with E-state index in [9.17, 15) is 4.39 Å². The topological polar surface area (TPSA) is 76.4 Å². The minimum atomic E-state index is -0.287. The summed E-state index contributed by atoms with van der Waals surface area (Å²) in [5.74, 6) is 2.57. The summed E-state index contributed by atoms with van der Waals surface area (Å²) in [5, 5.41) is 14.5. The molecular formula is C18H25FN6O. The van der Waals surface area contributed by atoms with Gasteiger partial charge in [0.1, 0.15) is 30.0 Å². The van der Waals surface area contributed by atoms with Crippen LogP contribution in [0.4, 0.5) is 4.39 Å². The number of ether oxygens (including phenoxy) is 1. The summed E-state index contributed by atoms with van der Waals surface area (Å²) in [5.41, 5.74) is 0. The molecule has 0 radical (unpaired) electrons. The molecule has 1 atom stereocenters. The van der Waals surface area contributed by atoms with Crippen LogP contribution >= 0.6 is 0 Å². The van der Waals surface area contributed by atoms with Crippen LogP contribution in [0, 0.1) is 12.7 Å². The van der Waals surface area contributed by atoms with Crippen LogP contribution in [0.1, 0.15) is 18.6 Å². The van der Waals surface area contributed by atoms with Gasteiger partial charge in [-0.05, 0) is 38.1 Å². The number of aliphatic imine (C=N–C) groups is 1. The third-order valence-electron chi connectivity index (χ3n) is 3.68. The molecule has 2 rings (SSSR count). The largest absolute Gasteiger partial charge is 0.489 e. The Hall–Kier alpha value is -2.90. The number of guanidine groups is 1. The molecule has 7 nitrogen and oxygen atoms in total. The molecule has 26 heavy (non-hydrogen) atoms. The molecule has 0 fully saturated rings. The lowest BCUT2D eigenvalue weighted by Gasteiger charge is -2.17. The maximum Gasteiger partial charge on any atom is 0.192 e. The summed E-state index contributed by atoms with van der Waals surface area (Å²) in [4.78, 5) is 4.51. The van der Waals surface area contributed by atoms with Crippen LogP contribution < -0.4 is 15.4 Å². The first-order chi connectivity index (χ1) is 12.5. The highest BCUT2D eigenvalue weighted by molar-refractivity contribution is 5.79. The molecule has 0 bridgehead atoms. The SMILES string of the molecule is C=CCNC(=NCc1nnc(C)n1C)NCC(C)Oc1ccc(F)cc1. The van der Waals surface area contributed by atoms with Gasteiger partial charge in [-0.1, -0.05) is 6.08 Å². The van der Waals surface area contributed by atoms with E-state index in [1.165, 1.54) is 12.1 Å². The van der Waals surface area contributed by atoms with Gasteiger partial charge >= 0.3 is 0 Å². The van der Waals surface area contributed by atoms with E-state index in [2.05, 4.69) is 32.4 Å². The first-order valence-corrected chi connectivity index (χ1v) is 8.39. The molecule has 0 saturated carbocycles. The normalized spacial score (nSPS) is 12.5. The fourth-order valence-electron chi connectivity index (χ4n) is 2.11. The summed E-state index contributed by atoms with van der Waals surface area (Å²) in [7, 11) is 1.91. The zero-order valence-electron chi connectivity index (χ0n) is 15.4. The Bertz CT molecular complexity index is 741. The van der Waals surface area contributed by atoms with Crippen LogP contribution in [0.2, 0.25) is 0 Å². The number of nitrogens with one attached hydrogen (secondary N) is 2. The van der Waals surface area contributed by atoms with Gasteiger partial charge < -0.3 is 19.9 Å². The lowest BCUT2D eigenvalue weighted by Crippen LogP contribution is -2.42. The zero-order chi connectivity index (χ0) is 18.9. The molecule has 1 heterocycles. The van der Waals surface area contributed by atoms with Gasteiger partial charge in [0, 0.05) is 13.6 Å². The standard InChI is InChI=1S/C18H25FN6O/c1-5-10-20-18(22-12-17-24-23-14(3)25(17)4)21-11-13(2)26-16-8-6-15(19)7-9-16/h5-9,13H,1,10-12H2,2-4H3,(H2,20,21,22). The van der Waals surface area contributed by atoms with Crippen molar-refractivity contribution in [3.63, 3.8) is 0 Å². The van der Waals surface area contributed by atoms with Crippen LogP contribution in [-0.4, -0.2) is 39.9 Å². The molecule has 0 aliphatic carbocycles. The molecule has 0 aliphatic heterocycles. The zero-order valence-corrected chi connectivity index (χ0v) is 15.4. The van der Waals surface area contributed by atoms with Crippen molar-refractivity contribution < 1.29 is 9.13 Å². The van der Waals surface area contributed by atoms with Crippen molar-refractivity contribution in [1.82, 2.24) is 25.4 Å². The van der Waals surface area contributed by atoms with E-state index in [0.717, 1.165) is 11.6 Å². The van der Waals surface area contributed by atoms with Gasteiger partial charge in [-0.3, -0.25) is 0 Å². The lowest BCUT2D eigenvalue weighted by atomic mass is 10.3. The first-order valence-electron chi connectivity index (χ1n) is 8.39. The molecule has 0 aliphatic rings. The van der Waals surface area contributed by atoms with E-state index < -0.39 is 0 Å². The maximum atomic E-state index is 12.9. The Labute approximate surface area is 153 Å². The number of nitrogens with zero attached hydrogens (tertiary/aromatic N) is 4. The third kappa shape index (κ3) is 5.87. The second-order valence-electron chi connectivity index (χ2n) is 5.82. The fourth-order valence-corrected chi connectivity index (χ4v) is 2.11. The van der Waals surface area contributed by atoms with Crippen molar-refractivity contribution in [2.45, 2.75) is 26.5 Å². The molecule has 1 unspecified atom stereocenters. The monoisotopic (exact) mass is 360 g/mol. The highest BCUT2D eigenvalue weighted by Crippen LogP contribution is 2.12. The molecule has 0 amide bonds. The van der Waals surface area contributed by atoms with Crippen LogP contribution in [0.5, 0.6) is 5.75 Å². The first kappa shape index (κ1) is 19.4. The van der Waals surface area contributed by atoms with E-state index in [0.29, 0.717) is 31.3 Å². The Balaban J connectivity index is 1.91. The molecular weight excluding hydrogens is 335 g/mol. The Morgan fingerprint density at radius 2 is 2.08 bits per heavy atom. The van der Waals surface area contributed by atoms with E-state index in [1.54, 1.807) is 18.2 Å². The second kappa shape index (κ2) is 9.55. The van der Waals surface area contributed by atoms with Crippen LogP contribution in [0.3, 0.4) is 0 Å². The molecule has 0 saturated heterocycles. The number of hydrogen-bond acceptors (Lipinski definition) is 4. The van der Waals surface area contributed by atoms with Crippen molar-refractivity contribution in [2.75, 3.05) is 13.1 Å². The van der Waals surface area contributed by atoms with E-state index >= 15 is 0 Å². The van der Waals surface area contributed by atoms with Crippen molar-refractivity contribution in [1.29, 1.82) is 0 Å². The summed E-state index contributed by atoms with van der Waals surface area (Å²) in [6.07, 6.45) is 1.62. The Kier molecular flexibility index (Phi) is 7.13. The average Bonchev–Trinajstić information content (AvgIpc) is 2.95. The smallest absolute Gasteiger partial charge is 0.192 e. The van der Waals surface area contributed by atoms with Gasteiger partial charge in [-0.25, -0.2) is 9.38 Å². The maximum absolute atomic E-state index is 12.9. The van der Waals surface area contributed by atoms with Crippen LogP contribution in [0.15, 0.2) is 41.9 Å². The highest BCUT2D eigenvalue weighted by Gasteiger charge is 2.08. The molecule has 2 aromatic rings. The number of hydrogen-bond donors (Lipinski definition) is 2. The predicted molar refractivity (Wildman–Crippen MR) is 99.6 cm³/mol. The quantitative estimate of drug-likeness (QED) is 0.427.